The number of aromatic nitrogens is 4. The van der Waals surface area contributed by atoms with Gasteiger partial charge in [0.15, 0.2) is 5.82 Å². The number of benzene rings is 2. The second-order valence-corrected chi connectivity index (χ2v) is 8.02. The Kier molecular flexibility index (Phi) is 3.79. The van der Waals surface area contributed by atoms with Gasteiger partial charge in [-0.1, -0.05) is 37.3 Å². The lowest BCUT2D eigenvalue weighted by Crippen LogP contribution is -2.46. The molecule has 1 aromatic heterocycles. The van der Waals surface area contributed by atoms with Crippen LogP contribution in [0.3, 0.4) is 0 Å². The molecule has 7 heteroatoms. The normalized spacial score (nSPS) is 21.5. The fraction of sp³-hybridized carbons (Fsp3) is 0.381. The molecule has 144 valence electrons. The molecule has 5 rings (SSSR count). The monoisotopic (exact) mass is 377 g/mol. The largest absolute Gasteiger partial charge is 0.496 e. The first-order valence-corrected chi connectivity index (χ1v) is 9.50. The molecule has 2 aliphatic rings. The SMILES string of the molecule is COc1cccc2c1[C@H]1Nc3ccc(Cc4nn[nH]n4)cc3C(C)(C)[C@H]1CO2. The molecule has 3 aromatic rings. The molecule has 0 bridgehead atoms. The summed E-state index contributed by atoms with van der Waals surface area (Å²) in [5.74, 6) is 2.75. The number of fused-ring (bicyclic) bond motifs is 4. The number of tetrazole rings is 1. The zero-order valence-corrected chi connectivity index (χ0v) is 16.2. The molecule has 2 aliphatic heterocycles. The number of aromatic amines is 1. The third kappa shape index (κ3) is 2.53. The first-order valence-electron chi connectivity index (χ1n) is 9.50. The highest BCUT2D eigenvalue weighted by Crippen LogP contribution is 2.54. The van der Waals surface area contributed by atoms with Gasteiger partial charge in [0.05, 0.1) is 25.3 Å². The van der Waals surface area contributed by atoms with E-state index in [1.807, 2.05) is 18.2 Å². The molecule has 0 saturated carbocycles. The molecule has 0 unspecified atom stereocenters. The van der Waals surface area contributed by atoms with Gasteiger partial charge in [0.1, 0.15) is 11.5 Å². The lowest BCUT2D eigenvalue weighted by Gasteiger charge is -2.48. The highest BCUT2D eigenvalue weighted by Gasteiger charge is 2.47. The van der Waals surface area contributed by atoms with E-state index < -0.39 is 0 Å². The summed E-state index contributed by atoms with van der Waals surface area (Å²) in [6, 6.07) is 12.7. The summed E-state index contributed by atoms with van der Waals surface area (Å²) in [6.07, 6.45) is 0.654. The Morgan fingerprint density at radius 2 is 2.14 bits per heavy atom. The Bertz CT molecular complexity index is 1000. The predicted molar refractivity (Wildman–Crippen MR) is 105 cm³/mol. The van der Waals surface area contributed by atoms with Crippen molar-refractivity contribution in [1.82, 2.24) is 20.6 Å². The number of ether oxygens (including phenoxy) is 2. The second-order valence-electron chi connectivity index (χ2n) is 8.02. The quantitative estimate of drug-likeness (QED) is 0.729. The average molecular weight is 377 g/mol. The minimum Gasteiger partial charge on any atom is -0.496 e. The van der Waals surface area contributed by atoms with Gasteiger partial charge >= 0.3 is 0 Å². The smallest absolute Gasteiger partial charge is 0.178 e. The lowest BCUT2D eigenvalue weighted by molar-refractivity contribution is 0.133. The molecular weight excluding hydrogens is 354 g/mol. The van der Waals surface area contributed by atoms with E-state index in [0.717, 1.165) is 22.7 Å². The van der Waals surface area contributed by atoms with Gasteiger partial charge in [-0.05, 0) is 29.3 Å². The van der Waals surface area contributed by atoms with Gasteiger partial charge in [-0.15, -0.1) is 10.2 Å². The van der Waals surface area contributed by atoms with Crippen molar-refractivity contribution in [3.05, 3.63) is 58.9 Å². The predicted octanol–water partition coefficient (Wildman–Crippen LogP) is 3.25. The molecule has 0 aliphatic carbocycles. The van der Waals surface area contributed by atoms with Crippen molar-refractivity contribution >= 4 is 5.69 Å². The van der Waals surface area contributed by atoms with Crippen LogP contribution in [0.5, 0.6) is 11.5 Å². The van der Waals surface area contributed by atoms with Crippen molar-refractivity contribution in [2.75, 3.05) is 19.0 Å². The van der Waals surface area contributed by atoms with Crippen LogP contribution in [0.25, 0.3) is 0 Å². The van der Waals surface area contributed by atoms with Crippen molar-refractivity contribution in [3.63, 3.8) is 0 Å². The number of hydrogen-bond acceptors (Lipinski definition) is 6. The topological polar surface area (TPSA) is 85.0 Å². The molecular formula is C21H23N5O2. The van der Waals surface area contributed by atoms with Crippen LogP contribution in [0.1, 0.15) is 42.4 Å². The van der Waals surface area contributed by atoms with E-state index in [9.17, 15) is 0 Å². The highest BCUT2D eigenvalue weighted by atomic mass is 16.5. The van der Waals surface area contributed by atoms with E-state index in [-0.39, 0.29) is 17.4 Å². The summed E-state index contributed by atoms with van der Waals surface area (Å²) < 4.78 is 11.8. The van der Waals surface area contributed by atoms with E-state index in [2.05, 4.69) is 58.0 Å². The molecule has 0 spiro atoms. The molecule has 0 radical (unpaired) electrons. The van der Waals surface area contributed by atoms with Gasteiger partial charge in [-0.2, -0.15) is 5.21 Å². The van der Waals surface area contributed by atoms with E-state index in [1.165, 1.54) is 11.1 Å². The van der Waals surface area contributed by atoms with Crippen molar-refractivity contribution in [3.8, 4) is 11.5 Å². The summed E-state index contributed by atoms with van der Waals surface area (Å²) in [7, 11) is 1.71. The van der Waals surface area contributed by atoms with Crippen LogP contribution in [-0.4, -0.2) is 34.3 Å². The summed E-state index contributed by atoms with van der Waals surface area (Å²) >= 11 is 0. The zero-order valence-electron chi connectivity index (χ0n) is 16.2. The molecule has 2 atom stereocenters. The molecule has 28 heavy (non-hydrogen) atoms. The Labute approximate surface area is 163 Å². The van der Waals surface area contributed by atoms with Gasteiger partial charge in [0.25, 0.3) is 0 Å². The van der Waals surface area contributed by atoms with Crippen LogP contribution in [0, 0.1) is 5.92 Å². The van der Waals surface area contributed by atoms with Gasteiger partial charge in [-0.25, -0.2) is 0 Å². The van der Waals surface area contributed by atoms with Crippen molar-refractivity contribution in [2.45, 2.75) is 31.7 Å². The van der Waals surface area contributed by atoms with E-state index in [0.29, 0.717) is 18.9 Å². The maximum atomic E-state index is 6.15. The van der Waals surface area contributed by atoms with Crippen LogP contribution in [0.2, 0.25) is 0 Å². The number of methoxy groups -OCH3 is 1. The zero-order chi connectivity index (χ0) is 19.3. The molecule has 2 aromatic carbocycles. The minimum absolute atomic E-state index is 0.0724. The van der Waals surface area contributed by atoms with E-state index in [1.54, 1.807) is 7.11 Å². The lowest BCUT2D eigenvalue weighted by atomic mass is 9.65. The Morgan fingerprint density at radius 1 is 1.25 bits per heavy atom. The number of hydrogen-bond donors (Lipinski definition) is 2. The minimum atomic E-state index is -0.0724. The van der Waals surface area contributed by atoms with Crippen molar-refractivity contribution < 1.29 is 9.47 Å². The van der Waals surface area contributed by atoms with Gasteiger partial charge in [-0.3, -0.25) is 0 Å². The Balaban J connectivity index is 1.57. The van der Waals surface area contributed by atoms with Crippen LogP contribution < -0.4 is 14.8 Å². The van der Waals surface area contributed by atoms with Crippen molar-refractivity contribution in [1.29, 1.82) is 0 Å². The van der Waals surface area contributed by atoms with Crippen LogP contribution in [0.4, 0.5) is 5.69 Å². The maximum absolute atomic E-state index is 6.15. The molecule has 0 amide bonds. The molecule has 7 nitrogen and oxygen atoms in total. The molecule has 2 N–H and O–H groups in total. The van der Waals surface area contributed by atoms with Crippen LogP contribution in [0.15, 0.2) is 36.4 Å². The number of nitrogens with one attached hydrogen (secondary N) is 2. The van der Waals surface area contributed by atoms with Gasteiger partial charge in [0, 0.05) is 23.4 Å². The number of nitrogens with zero attached hydrogens (tertiary/aromatic N) is 3. The first-order chi connectivity index (χ1) is 13.6. The standard InChI is InChI=1S/C21H23N5O2/c1-21(2)13-9-12(10-18-23-25-26-24-18)7-8-15(13)22-20-14(21)11-28-17-6-4-5-16(27-3)19(17)20/h4-9,14,20,22H,10-11H2,1-3H3,(H,23,24,25,26)/t14-,20-/m0/s1. The summed E-state index contributed by atoms with van der Waals surface area (Å²) in [6.45, 7) is 5.26. The summed E-state index contributed by atoms with van der Waals surface area (Å²) in [5, 5.41) is 18.1. The first kappa shape index (κ1) is 17.0. The summed E-state index contributed by atoms with van der Waals surface area (Å²) in [5.41, 5.74) is 4.65. The van der Waals surface area contributed by atoms with Gasteiger partial charge in [0.2, 0.25) is 0 Å². The number of H-pyrrole nitrogens is 1. The molecule has 3 heterocycles. The molecule has 0 fully saturated rings. The Hall–Kier alpha value is -3.09. The van der Waals surface area contributed by atoms with Crippen molar-refractivity contribution in [2.24, 2.45) is 5.92 Å². The number of rotatable bonds is 3. The van der Waals surface area contributed by atoms with Gasteiger partial charge < -0.3 is 14.8 Å². The fourth-order valence-electron chi connectivity index (χ4n) is 4.58. The van der Waals surface area contributed by atoms with Crippen LogP contribution in [-0.2, 0) is 11.8 Å². The number of anilines is 1. The van der Waals surface area contributed by atoms with E-state index in [4.69, 9.17) is 9.47 Å². The van der Waals surface area contributed by atoms with Crippen LogP contribution >= 0.6 is 0 Å². The Morgan fingerprint density at radius 3 is 2.93 bits per heavy atom. The average Bonchev–Trinajstić information content (AvgIpc) is 3.21. The second kappa shape index (κ2) is 6.22. The maximum Gasteiger partial charge on any atom is 0.178 e. The highest BCUT2D eigenvalue weighted by molar-refractivity contribution is 5.63. The summed E-state index contributed by atoms with van der Waals surface area (Å²) in [4.78, 5) is 0. The third-order valence-electron chi connectivity index (χ3n) is 6.15. The third-order valence-corrected chi connectivity index (χ3v) is 6.15. The fourth-order valence-corrected chi connectivity index (χ4v) is 4.58. The molecule has 0 saturated heterocycles. The van der Waals surface area contributed by atoms with E-state index >= 15 is 0 Å².